The van der Waals surface area contributed by atoms with Gasteiger partial charge in [-0.25, -0.2) is 13.2 Å². The predicted octanol–water partition coefficient (Wildman–Crippen LogP) is 2.41. The van der Waals surface area contributed by atoms with Crippen molar-refractivity contribution in [1.29, 1.82) is 0 Å². The fourth-order valence-electron chi connectivity index (χ4n) is 0.560. The van der Waals surface area contributed by atoms with Crippen LogP contribution < -0.4 is 5.73 Å². The Morgan fingerprint density at radius 1 is 1.18 bits per heavy atom. The molecule has 0 spiro atoms. The van der Waals surface area contributed by atoms with E-state index in [-0.39, 0.29) is 0 Å². The van der Waals surface area contributed by atoms with Crippen molar-refractivity contribution in [3.63, 3.8) is 0 Å². The van der Waals surface area contributed by atoms with E-state index < -0.39 is 26.7 Å². The van der Waals surface area contributed by atoms with Crippen LogP contribution in [-0.2, 0) is 0 Å². The van der Waals surface area contributed by atoms with Crippen LogP contribution in [0, 0.1) is 21.0 Å². The molecule has 5 heteroatoms. The molecule has 0 atom stereocenters. The molecule has 0 aliphatic carbocycles. The molecule has 0 aromatic heterocycles. The SMILES string of the molecule is [N]c1cc(F)c(I)c(F)c1F. The molecule has 0 aliphatic rings. The summed E-state index contributed by atoms with van der Waals surface area (Å²) in [7, 11) is 0. The molecule has 1 aromatic carbocycles. The molecule has 1 aromatic rings. The van der Waals surface area contributed by atoms with E-state index in [4.69, 9.17) is 5.73 Å². The maximum Gasteiger partial charge on any atom is 0.187 e. The summed E-state index contributed by atoms with van der Waals surface area (Å²) in [5.74, 6) is -3.75. The third kappa shape index (κ3) is 1.42. The summed E-state index contributed by atoms with van der Waals surface area (Å²) >= 11 is 1.31. The molecule has 0 unspecified atom stereocenters. The molecule has 58 valence electrons. The topological polar surface area (TPSA) is 22.3 Å². The quantitative estimate of drug-likeness (QED) is 0.393. The van der Waals surface area contributed by atoms with Crippen LogP contribution in [0.2, 0.25) is 0 Å². The van der Waals surface area contributed by atoms with Crippen LogP contribution in [-0.4, -0.2) is 0 Å². The van der Waals surface area contributed by atoms with Crippen molar-refractivity contribution >= 4 is 28.3 Å². The highest BCUT2D eigenvalue weighted by Gasteiger charge is 2.15. The first-order valence-corrected chi connectivity index (χ1v) is 3.64. The Morgan fingerprint density at radius 2 is 1.73 bits per heavy atom. The van der Waals surface area contributed by atoms with Gasteiger partial charge in [-0.15, -0.1) is 5.73 Å². The highest BCUT2D eigenvalue weighted by molar-refractivity contribution is 14.1. The lowest BCUT2D eigenvalue weighted by Crippen LogP contribution is -1.94. The second kappa shape index (κ2) is 2.88. The van der Waals surface area contributed by atoms with Gasteiger partial charge in [-0.1, -0.05) is 0 Å². The van der Waals surface area contributed by atoms with Crippen LogP contribution >= 0.6 is 22.6 Å². The van der Waals surface area contributed by atoms with Gasteiger partial charge in [0.25, 0.3) is 0 Å². The zero-order valence-electron chi connectivity index (χ0n) is 5.04. The number of benzene rings is 1. The normalized spacial score (nSPS) is 10.2. The summed E-state index contributed by atoms with van der Waals surface area (Å²) in [5, 5.41) is 0. The van der Waals surface area contributed by atoms with Gasteiger partial charge in [-0.2, -0.15) is 0 Å². The zero-order valence-corrected chi connectivity index (χ0v) is 7.19. The first-order chi connectivity index (χ1) is 5.04. The van der Waals surface area contributed by atoms with Gasteiger partial charge < -0.3 is 0 Å². The smallest absolute Gasteiger partial charge is 0.187 e. The average Bonchev–Trinajstić information content (AvgIpc) is 1.97. The average molecular weight is 271 g/mol. The summed E-state index contributed by atoms with van der Waals surface area (Å²) in [4.78, 5) is 0. The van der Waals surface area contributed by atoms with Gasteiger partial charge in [0.1, 0.15) is 11.5 Å². The molecule has 0 saturated carbocycles. The van der Waals surface area contributed by atoms with Gasteiger partial charge in [-0.3, -0.25) is 0 Å². The van der Waals surface area contributed by atoms with E-state index in [0.717, 1.165) is 0 Å². The van der Waals surface area contributed by atoms with Crippen molar-refractivity contribution in [3.05, 3.63) is 27.1 Å². The predicted molar refractivity (Wildman–Crippen MR) is 40.8 cm³/mol. The third-order valence-corrected chi connectivity index (χ3v) is 2.07. The number of rotatable bonds is 0. The van der Waals surface area contributed by atoms with Crippen LogP contribution in [0.4, 0.5) is 18.9 Å². The maximum absolute atomic E-state index is 12.5. The minimum absolute atomic E-state index is 0.460. The monoisotopic (exact) mass is 271 g/mol. The molecule has 0 saturated heterocycles. The molecule has 0 N–H and O–H groups in total. The van der Waals surface area contributed by atoms with E-state index in [9.17, 15) is 13.2 Å². The number of halogens is 4. The second-order valence-corrected chi connectivity index (χ2v) is 2.90. The van der Waals surface area contributed by atoms with Gasteiger partial charge in [0, 0.05) is 6.07 Å². The Hall–Kier alpha value is -0.460. The van der Waals surface area contributed by atoms with E-state index in [0.29, 0.717) is 6.07 Å². The van der Waals surface area contributed by atoms with Gasteiger partial charge in [0.05, 0.1) is 3.57 Å². The molecule has 0 bridgehead atoms. The molecule has 1 rings (SSSR count). The molecular formula is C6HF3IN. The van der Waals surface area contributed by atoms with Crippen molar-refractivity contribution in [3.8, 4) is 0 Å². The maximum atomic E-state index is 12.5. The first-order valence-electron chi connectivity index (χ1n) is 2.56. The molecule has 0 aliphatic heterocycles. The van der Waals surface area contributed by atoms with E-state index in [1.807, 2.05) is 0 Å². The fraction of sp³-hybridized carbons (Fsp3) is 0. The van der Waals surface area contributed by atoms with Crippen LogP contribution in [0.25, 0.3) is 0 Å². The van der Waals surface area contributed by atoms with Crippen molar-refractivity contribution < 1.29 is 13.2 Å². The minimum Gasteiger partial charge on any atom is -0.206 e. The van der Waals surface area contributed by atoms with Crippen molar-refractivity contribution in [2.75, 3.05) is 0 Å². The van der Waals surface area contributed by atoms with E-state index in [1.165, 1.54) is 22.6 Å². The van der Waals surface area contributed by atoms with Crippen molar-refractivity contribution in [2.24, 2.45) is 0 Å². The largest absolute Gasteiger partial charge is 0.206 e. The summed E-state index contributed by atoms with van der Waals surface area (Å²) in [6, 6.07) is 0.528. The van der Waals surface area contributed by atoms with Gasteiger partial charge in [-0.05, 0) is 22.6 Å². The number of hydrogen-bond acceptors (Lipinski definition) is 0. The molecule has 2 radical (unpaired) electrons. The molecule has 0 heterocycles. The summed E-state index contributed by atoms with van der Waals surface area (Å²) in [6.45, 7) is 0. The number of nitrogens with zero attached hydrogens (tertiary/aromatic N) is 1. The van der Waals surface area contributed by atoms with Crippen LogP contribution in [0.3, 0.4) is 0 Å². The minimum atomic E-state index is -1.42. The lowest BCUT2D eigenvalue weighted by molar-refractivity contribution is 0.488. The number of hydrogen-bond donors (Lipinski definition) is 0. The van der Waals surface area contributed by atoms with Crippen LogP contribution in [0.1, 0.15) is 0 Å². The Kier molecular flexibility index (Phi) is 2.26. The Balaban J connectivity index is 3.46. The third-order valence-electron chi connectivity index (χ3n) is 1.08. The first kappa shape index (κ1) is 8.63. The van der Waals surface area contributed by atoms with E-state index in [1.54, 1.807) is 0 Å². The highest BCUT2D eigenvalue weighted by Crippen LogP contribution is 2.23. The highest BCUT2D eigenvalue weighted by atomic mass is 127. The van der Waals surface area contributed by atoms with Gasteiger partial charge in [0.15, 0.2) is 11.6 Å². The van der Waals surface area contributed by atoms with Gasteiger partial charge in [0.2, 0.25) is 0 Å². The molecular weight excluding hydrogens is 270 g/mol. The van der Waals surface area contributed by atoms with Crippen LogP contribution in [0.5, 0.6) is 0 Å². The lowest BCUT2D eigenvalue weighted by Gasteiger charge is -1.98. The van der Waals surface area contributed by atoms with Crippen molar-refractivity contribution in [2.45, 2.75) is 0 Å². The Morgan fingerprint density at radius 3 is 2.27 bits per heavy atom. The molecule has 1 nitrogen and oxygen atoms in total. The zero-order chi connectivity index (χ0) is 8.59. The summed E-state index contributed by atoms with van der Waals surface area (Å²) in [5.41, 5.74) is 7.53. The molecule has 11 heavy (non-hydrogen) atoms. The summed E-state index contributed by atoms with van der Waals surface area (Å²) in [6.07, 6.45) is 0. The van der Waals surface area contributed by atoms with Crippen molar-refractivity contribution in [1.82, 2.24) is 5.73 Å². The van der Waals surface area contributed by atoms with E-state index >= 15 is 0 Å². The van der Waals surface area contributed by atoms with E-state index in [2.05, 4.69) is 0 Å². The lowest BCUT2D eigenvalue weighted by atomic mass is 10.3. The van der Waals surface area contributed by atoms with Gasteiger partial charge >= 0.3 is 0 Å². The van der Waals surface area contributed by atoms with Crippen LogP contribution in [0.15, 0.2) is 6.07 Å². The second-order valence-electron chi connectivity index (χ2n) is 1.82. The summed E-state index contributed by atoms with van der Waals surface area (Å²) < 4.78 is 36.8. The standard InChI is InChI=1S/C6HF3IN/c7-2-1-3(11)4(8)5(9)6(2)10/h1H. The Bertz CT molecular complexity index is 274. The molecule has 0 amide bonds. The molecule has 0 fully saturated rings. The Labute approximate surface area is 74.5 Å². The fourth-order valence-corrected chi connectivity index (χ4v) is 0.953.